The molecule has 2 aromatic rings. The zero-order valence-corrected chi connectivity index (χ0v) is 10.5. The van der Waals surface area contributed by atoms with Gasteiger partial charge in [-0.1, -0.05) is 6.92 Å². The van der Waals surface area contributed by atoms with E-state index in [0.717, 1.165) is 25.1 Å². The molecule has 5 heteroatoms. The van der Waals surface area contributed by atoms with Gasteiger partial charge in [0.2, 0.25) is 0 Å². The van der Waals surface area contributed by atoms with Crippen LogP contribution in [-0.2, 0) is 6.54 Å². The van der Waals surface area contributed by atoms with Gasteiger partial charge < -0.3 is 9.73 Å². The van der Waals surface area contributed by atoms with E-state index in [4.69, 9.17) is 4.42 Å². The van der Waals surface area contributed by atoms with Crippen LogP contribution < -0.4 is 5.32 Å². The molecular formula is C14H14F3NO. The molecular weight excluding hydrogens is 255 g/mol. The summed E-state index contributed by atoms with van der Waals surface area (Å²) in [4.78, 5) is 0. The van der Waals surface area contributed by atoms with Crippen LogP contribution in [0.15, 0.2) is 28.9 Å². The number of rotatable bonds is 5. The maximum absolute atomic E-state index is 13.2. The van der Waals surface area contributed by atoms with Crippen LogP contribution in [0.25, 0.3) is 11.1 Å². The third-order valence-corrected chi connectivity index (χ3v) is 2.75. The summed E-state index contributed by atoms with van der Waals surface area (Å²) in [5, 5.41) is 3.13. The van der Waals surface area contributed by atoms with Crippen molar-refractivity contribution < 1.29 is 17.6 Å². The first-order valence-corrected chi connectivity index (χ1v) is 6.05. The largest absolute Gasteiger partial charge is 0.467 e. The topological polar surface area (TPSA) is 25.2 Å². The standard InChI is InChI=1S/C14H14F3NO/c1-2-4-18-8-13-10(3-5-19-13)9-6-11(15)14(17)12(16)7-9/h3,5-7,18H,2,4,8H2,1H3. The Bertz CT molecular complexity index is 543. The van der Waals surface area contributed by atoms with Crippen molar-refractivity contribution in [3.63, 3.8) is 0 Å². The lowest BCUT2D eigenvalue weighted by Crippen LogP contribution is -2.13. The number of halogens is 3. The number of furan rings is 1. The van der Waals surface area contributed by atoms with Crippen LogP contribution in [0.5, 0.6) is 0 Å². The molecule has 0 aliphatic rings. The van der Waals surface area contributed by atoms with E-state index in [0.29, 0.717) is 17.9 Å². The second-order valence-corrected chi connectivity index (χ2v) is 4.19. The molecule has 1 N–H and O–H groups in total. The molecule has 0 fully saturated rings. The Morgan fingerprint density at radius 1 is 1.16 bits per heavy atom. The van der Waals surface area contributed by atoms with Crippen LogP contribution >= 0.6 is 0 Å². The van der Waals surface area contributed by atoms with Crippen LogP contribution in [-0.4, -0.2) is 6.54 Å². The summed E-state index contributed by atoms with van der Waals surface area (Å²) in [5.41, 5.74) is 0.819. The lowest BCUT2D eigenvalue weighted by Gasteiger charge is -2.05. The Hall–Kier alpha value is -1.75. The first kappa shape index (κ1) is 13.7. The molecule has 0 saturated heterocycles. The van der Waals surface area contributed by atoms with Crippen molar-refractivity contribution in [1.82, 2.24) is 5.32 Å². The predicted octanol–water partition coefficient (Wildman–Crippen LogP) is 3.86. The van der Waals surface area contributed by atoms with Crippen molar-refractivity contribution in [3.8, 4) is 11.1 Å². The molecule has 0 radical (unpaired) electrons. The molecule has 0 spiro atoms. The van der Waals surface area contributed by atoms with E-state index in [1.54, 1.807) is 6.07 Å². The Balaban J connectivity index is 2.29. The molecule has 0 saturated carbocycles. The van der Waals surface area contributed by atoms with Crippen LogP contribution in [0.4, 0.5) is 13.2 Å². The van der Waals surface area contributed by atoms with Crippen LogP contribution in [0.2, 0.25) is 0 Å². The third kappa shape index (κ3) is 2.98. The fourth-order valence-electron chi connectivity index (χ4n) is 1.82. The van der Waals surface area contributed by atoms with Gasteiger partial charge in [-0.3, -0.25) is 0 Å². The molecule has 0 atom stereocenters. The molecule has 0 bridgehead atoms. The monoisotopic (exact) mass is 269 g/mol. The van der Waals surface area contributed by atoms with Gasteiger partial charge in [-0.25, -0.2) is 13.2 Å². The maximum atomic E-state index is 13.2. The van der Waals surface area contributed by atoms with Gasteiger partial charge in [-0.15, -0.1) is 0 Å². The number of benzene rings is 1. The molecule has 1 aromatic heterocycles. The SMILES string of the molecule is CCCNCc1occc1-c1cc(F)c(F)c(F)c1. The minimum atomic E-state index is -1.46. The second kappa shape index (κ2) is 5.93. The molecule has 0 aliphatic carbocycles. The number of nitrogens with one attached hydrogen (secondary N) is 1. The summed E-state index contributed by atoms with van der Waals surface area (Å²) in [6, 6.07) is 3.54. The molecule has 19 heavy (non-hydrogen) atoms. The summed E-state index contributed by atoms with van der Waals surface area (Å²) >= 11 is 0. The number of hydrogen-bond donors (Lipinski definition) is 1. The predicted molar refractivity (Wildman–Crippen MR) is 66.0 cm³/mol. The second-order valence-electron chi connectivity index (χ2n) is 4.19. The van der Waals surface area contributed by atoms with Gasteiger partial charge in [-0.05, 0) is 36.7 Å². The highest BCUT2D eigenvalue weighted by molar-refractivity contribution is 5.65. The van der Waals surface area contributed by atoms with Gasteiger partial charge in [-0.2, -0.15) is 0 Å². The molecule has 2 rings (SSSR count). The summed E-state index contributed by atoms with van der Waals surface area (Å²) in [7, 11) is 0. The molecule has 0 amide bonds. The lowest BCUT2D eigenvalue weighted by molar-refractivity contribution is 0.447. The first-order chi connectivity index (χ1) is 9.13. The fraction of sp³-hybridized carbons (Fsp3) is 0.286. The van der Waals surface area contributed by atoms with Gasteiger partial charge in [0, 0.05) is 5.56 Å². The Morgan fingerprint density at radius 3 is 2.47 bits per heavy atom. The van der Waals surface area contributed by atoms with E-state index in [9.17, 15) is 13.2 Å². The molecule has 1 aromatic carbocycles. The zero-order valence-electron chi connectivity index (χ0n) is 10.5. The average molecular weight is 269 g/mol. The lowest BCUT2D eigenvalue weighted by atomic mass is 10.1. The molecule has 102 valence electrons. The summed E-state index contributed by atoms with van der Waals surface area (Å²) in [6.07, 6.45) is 2.41. The van der Waals surface area contributed by atoms with Gasteiger partial charge in [0.05, 0.1) is 12.8 Å². The molecule has 0 aliphatic heterocycles. The van der Waals surface area contributed by atoms with E-state index in [2.05, 4.69) is 5.32 Å². The minimum Gasteiger partial charge on any atom is -0.467 e. The van der Waals surface area contributed by atoms with E-state index < -0.39 is 17.5 Å². The quantitative estimate of drug-likeness (QED) is 0.658. The fourth-order valence-corrected chi connectivity index (χ4v) is 1.82. The van der Waals surface area contributed by atoms with Crippen molar-refractivity contribution in [2.75, 3.05) is 6.54 Å². The van der Waals surface area contributed by atoms with Crippen molar-refractivity contribution in [3.05, 3.63) is 47.7 Å². The summed E-state index contributed by atoms with van der Waals surface area (Å²) in [6.45, 7) is 3.30. The Morgan fingerprint density at radius 2 is 1.84 bits per heavy atom. The average Bonchev–Trinajstić information content (AvgIpc) is 2.84. The van der Waals surface area contributed by atoms with E-state index in [1.165, 1.54) is 6.26 Å². The van der Waals surface area contributed by atoms with Crippen molar-refractivity contribution >= 4 is 0 Å². The van der Waals surface area contributed by atoms with Gasteiger partial charge in [0.25, 0.3) is 0 Å². The highest BCUT2D eigenvalue weighted by Gasteiger charge is 2.15. The first-order valence-electron chi connectivity index (χ1n) is 6.05. The van der Waals surface area contributed by atoms with E-state index in [1.807, 2.05) is 6.92 Å². The van der Waals surface area contributed by atoms with E-state index >= 15 is 0 Å². The zero-order chi connectivity index (χ0) is 13.8. The van der Waals surface area contributed by atoms with Gasteiger partial charge in [0.1, 0.15) is 5.76 Å². The maximum Gasteiger partial charge on any atom is 0.194 e. The van der Waals surface area contributed by atoms with Gasteiger partial charge >= 0.3 is 0 Å². The highest BCUT2D eigenvalue weighted by Crippen LogP contribution is 2.27. The van der Waals surface area contributed by atoms with Crippen molar-refractivity contribution in [2.24, 2.45) is 0 Å². The minimum absolute atomic E-state index is 0.262. The van der Waals surface area contributed by atoms with Crippen molar-refractivity contribution in [2.45, 2.75) is 19.9 Å². The summed E-state index contributed by atoms with van der Waals surface area (Å²) < 4.78 is 44.6. The normalized spacial score (nSPS) is 10.9. The summed E-state index contributed by atoms with van der Waals surface area (Å²) in [5.74, 6) is -3.30. The molecule has 2 nitrogen and oxygen atoms in total. The van der Waals surface area contributed by atoms with Gasteiger partial charge in [0.15, 0.2) is 17.5 Å². The Labute approximate surface area is 109 Å². The number of hydrogen-bond acceptors (Lipinski definition) is 2. The van der Waals surface area contributed by atoms with Crippen LogP contribution in [0, 0.1) is 17.5 Å². The highest BCUT2D eigenvalue weighted by atomic mass is 19.2. The third-order valence-electron chi connectivity index (χ3n) is 2.75. The van der Waals surface area contributed by atoms with E-state index in [-0.39, 0.29) is 5.56 Å². The van der Waals surface area contributed by atoms with Crippen LogP contribution in [0.3, 0.4) is 0 Å². The Kier molecular flexibility index (Phi) is 4.27. The van der Waals surface area contributed by atoms with Crippen molar-refractivity contribution in [1.29, 1.82) is 0 Å². The molecule has 0 unspecified atom stereocenters. The smallest absolute Gasteiger partial charge is 0.194 e. The molecule has 1 heterocycles. The van der Waals surface area contributed by atoms with Crippen LogP contribution in [0.1, 0.15) is 19.1 Å².